The Morgan fingerprint density at radius 2 is 1.54 bits per heavy atom. The second-order valence-electron chi connectivity index (χ2n) is 15.2. The van der Waals surface area contributed by atoms with E-state index in [2.05, 4.69) is 4.90 Å². The number of carbonyl (C=O) groups is 4. The molecule has 52 heavy (non-hydrogen) atoms. The molecule has 2 aliphatic heterocycles. The number of piperazine rings is 1. The Morgan fingerprint density at radius 3 is 2.13 bits per heavy atom. The number of aliphatic hydroxyl groups is 4. The lowest BCUT2D eigenvalue weighted by atomic mass is 9.86. The standard InChI is InChI=1S/C39H63N3O10/c1-28(27-51-37(48)42-24-34(46)35(47)25-42)10-9-11-29(2)33(26-44)30(3)14-15-36(39(4,50)18-16-32(45)17-23-43)52-38(49)41-21-19-40(20-22-41)31-12-7-5-6-8-13-31/h9-11,14-15,23,26,28,30-36,45-47,50H,5-8,12-13,16-22,24-25,27H2,1-4H3/b10-9+,15-14+,29-11+/t28-,30+,32+,33-,34-,35+,36+,39+/m1/s1. The summed E-state index contributed by atoms with van der Waals surface area (Å²) >= 11 is 0. The van der Waals surface area contributed by atoms with Crippen molar-refractivity contribution < 1.29 is 49.1 Å². The van der Waals surface area contributed by atoms with Crippen LogP contribution in [0.2, 0.25) is 0 Å². The monoisotopic (exact) mass is 733 g/mol. The third kappa shape index (κ3) is 13.7. The highest BCUT2D eigenvalue weighted by Gasteiger charge is 2.37. The molecule has 0 radical (unpaired) electrons. The zero-order chi connectivity index (χ0) is 38.3. The SMILES string of the molecule is C/C(=C\C=C\[C@@H](C)COC(=O)N1C[C@@H](O)[C@@H](O)C1)[C@@H](C=O)[C@@H](C)/C=C/[C@H](OC(=O)N1CCN(C2CCCCCC2)CC1)[C@@](C)(O)CC[C@H](O)CC=O. The summed E-state index contributed by atoms with van der Waals surface area (Å²) in [6, 6.07) is 0.552. The molecule has 0 aromatic carbocycles. The summed E-state index contributed by atoms with van der Waals surface area (Å²) in [6.07, 6.45) is 12.8. The van der Waals surface area contributed by atoms with Crippen LogP contribution in [-0.4, -0.2) is 142 Å². The molecule has 294 valence electrons. The van der Waals surface area contributed by atoms with E-state index in [1.807, 2.05) is 32.9 Å². The molecule has 3 aliphatic rings. The maximum absolute atomic E-state index is 13.4. The number of hydrogen-bond donors (Lipinski definition) is 4. The van der Waals surface area contributed by atoms with Gasteiger partial charge in [0.1, 0.15) is 18.2 Å². The molecule has 1 aliphatic carbocycles. The van der Waals surface area contributed by atoms with Gasteiger partial charge in [-0.2, -0.15) is 0 Å². The van der Waals surface area contributed by atoms with Crippen LogP contribution in [0.25, 0.3) is 0 Å². The number of ether oxygens (including phenoxy) is 2. The van der Waals surface area contributed by atoms with Crippen molar-refractivity contribution in [3.05, 3.63) is 36.0 Å². The molecule has 2 saturated heterocycles. The number of nitrogens with zero attached hydrogens (tertiary/aromatic N) is 3. The largest absolute Gasteiger partial charge is 0.449 e. The fourth-order valence-electron chi connectivity index (χ4n) is 7.10. The van der Waals surface area contributed by atoms with Gasteiger partial charge in [0.25, 0.3) is 0 Å². The van der Waals surface area contributed by atoms with E-state index in [-0.39, 0.29) is 50.8 Å². The Balaban J connectivity index is 1.62. The van der Waals surface area contributed by atoms with E-state index in [1.165, 1.54) is 43.4 Å². The summed E-state index contributed by atoms with van der Waals surface area (Å²) in [5.74, 6) is -0.984. The van der Waals surface area contributed by atoms with Crippen molar-refractivity contribution in [2.24, 2.45) is 17.8 Å². The minimum Gasteiger partial charge on any atom is -0.449 e. The fourth-order valence-corrected chi connectivity index (χ4v) is 7.10. The Hall–Kier alpha value is -3.10. The lowest BCUT2D eigenvalue weighted by molar-refractivity contribution is -0.111. The van der Waals surface area contributed by atoms with Crippen molar-refractivity contribution in [1.82, 2.24) is 14.7 Å². The third-order valence-electron chi connectivity index (χ3n) is 10.7. The summed E-state index contributed by atoms with van der Waals surface area (Å²) in [4.78, 5) is 54.3. The molecule has 3 rings (SSSR count). The highest BCUT2D eigenvalue weighted by molar-refractivity contribution is 5.68. The topological polar surface area (TPSA) is 177 Å². The highest BCUT2D eigenvalue weighted by Crippen LogP contribution is 2.27. The second kappa shape index (κ2) is 21.6. The Labute approximate surface area is 309 Å². The van der Waals surface area contributed by atoms with E-state index < -0.39 is 48.1 Å². The zero-order valence-corrected chi connectivity index (χ0v) is 31.6. The first-order valence-electron chi connectivity index (χ1n) is 19.1. The van der Waals surface area contributed by atoms with E-state index in [4.69, 9.17) is 9.47 Å². The van der Waals surface area contributed by atoms with Crippen molar-refractivity contribution >= 4 is 24.8 Å². The van der Waals surface area contributed by atoms with Gasteiger partial charge < -0.3 is 49.3 Å². The third-order valence-corrected chi connectivity index (χ3v) is 10.7. The molecule has 0 spiro atoms. The summed E-state index contributed by atoms with van der Waals surface area (Å²) < 4.78 is 11.3. The van der Waals surface area contributed by atoms with Crippen LogP contribution in [0.15, 0.2) is 36.0 Å². The first kappa shape index (κ1) is 43.3. The molecule has 2 amide bonds. The van der Waals surface area contributed by atoms with Gasteiger partial charge in [-0.25, -0.2) is 9.59 Å². The van der Waals surface area contributed by atoms with Crippen LogP contribution in [-0.2, 0) is 19.1 Å². The van der Waals surface area contributed by atoms with Crippen LogP contribution >= 0.6 is 0 Å². The summed E-state index contributed by atoms with van der Waals surface area (Å²) in [7, 11) is 0. The fraction of sp³-hybridized carbons (Fsp3) is 0.744. The number of rotatable bonds is 17. The molecule has 13 heteroatoms. The number of allylic oxidation sites excluding steroid dienone is 4. The van der Waals surface area contributed by atoms with Crippen molar-refractivity contribution in [2.45, 2.75) is 122 Å². The van der Waals surface area contributed by atoms with Crippen molar-refractivity contribution in [2.75, 3.05) is 45.9 Å². The van der Waals surface area contributed by atoms with E-state index >= 15 is 0 Å². The number of likely N-dealkylation sites (tertiary alicyclic amines) is 1. The number of aldehydes is 2. The molecular weight excluding hydrogens is 670 g/mol. The number of hydrogen-bond acceptors (Lipinski definition) is 11. The molecule has 4 N–H and O–H groups in total. The van der Waals surface area contributed by atoms with Crippen LogP contribution in [0.4, 0.5) is 9.59 Å². The van der Waals surface area contributed by atoms with Gasteiger partial charge in [-0.3, -0.25) is 4.90 Å². The maximum Gasteiger partial charge on any atom is 0.410 e. The minimum absolute atomic E-state index is 0.0226. The molecule has 8 atom stereocenters. The Morgan fingerprint density at radius 1 is 0.904 bits per heavy atom. The van der Waals surface area contributed by atoms with E-state index in [0.717, 1.165) is 24.9 Å². The maximum atomic E-state index is 13.4. The quantitative estimate of drug-likeness (QED) is 0.0743. The number of aliphatic hydroxyl groups excluding tert-OH is 3. The van der Waals surface area contributed by atoms with Crippen molar-refractivity contribution in [1.29, 1.82) is 0 Å². The smallest absolute Gasteiger partial charge is 0.410 e. The second-order valence-corrected chi connectivity index (χ2v) is 15.2. The van der Waals surface area contributed by atoms with Crippen LogP contribution in [0.5, 0.6) is 0 Å². The normalized spacial score (nSPS) is 25.3. The first-order valence-corrected chi connectivity index (χ1v) is 19.1. The molecule has 2 heterocycles. The van der Waals surface area contributed by atoms with Crippen molar-refractivity contribution in [3.63, 3.8) is 0 Å². The number of carbonyl (C=O) groups excluding carboxylic acids is 4. The van der Waals surface area contributed by atoms with Crippen LogP contribution in [0, 0.1) is 17.8 Å². The van der Waals surface area contributed by atoms with Gasteiger partial charge in [0.15, 0.2) is 6.10 Å². The van der Waals surface area contributed by atoms with E-state index in [1.54, 1.807) is 30.1 Å². The van der Waals surface area contributed by atoms with Gasteiger partial charge in [-0.1, -0.05) is 69.4 Å². The predicted octanol–water partition coefficient (Wildman–Crippen LogP) is 3.63. The first-order chi connectivity index (χ1) is 24.7. The summed E-state index contributed by atoms with van der Waals surface area (Å²) in [6.45, 7) is 9.84. The van der Waals surface area contributed by atoms with Gasteiger partial charge in [0.05, 0.1) is 38.0 Å². The van der Waals surface area contributed by atoms with Crippen molar-refractivity contribution in [3.8, 4) is 0 Å². The zero-order valence-electron chi connectivity index (χ0n) is 31.6. The van der Waals surface area contributed by atoms with E-state index in [0.29, 0.717) is 25.4 Å². The van der Waals surface area contributed by atoms with Gasteiger partial charge in [0, 0.05) is 50.5 Å². The highest BCUT2D eigenvalue weighted by atomic mass is 16.6. The van der Waals surface area contributed by atoms with Crippen LogP contribution in [0.1, 0.15) is 85.5 Å². The number of amides is 2. The lowest BCUT2D eigenvalue weighted by Crippen LogP contribution is -2.53. The van der Waals surface area contributed by atoms with E-state index in [9.17, 15) is 39.6 Å². The van der Waals surface area contributed by atoms with Gasteiger partial charge in [0.2, 0.25) is 0 Å². The van der Waals surface area contributed by atoms with Crippen LogP contribution < -0.4 is 0 Å². The average Bonchev–Trinajstić information content (AvgIpc) is 3.27. The molecular formula is C39H63N3O10. The van der Waals surface area contributed by atoms with Gasteiger partial charge in [-0.15, -0.1) is 0 Å². The van der Waals surface area contributed by atoms with Gasteiger partial charge in [-0.05, 0) is 51.5 Å². The Bertz CT molecular complexity index is 1210. The summed E-state index contributed by atoms with van der Waals surface area (Å²) in [5, 5.41) is 41.0. The number of β-amino-alcohol motifs (C(OH)–C–C–N with tert-alkyl or cyclic N) is 2. The molecule has 0 unspecified atom stereocenters. The molecule has 0 aromatic heterocycles. The van der Waals surface area contributed by atoms with Crippen LogP contribution in [0.3, 0.4) is 0 Å². The van der Waals surface area contributed by atoms with Gasteiger partial charge >= 0.3 is 12.2 Å². The average molecular weight is 734 g/mol. The molecule has 3 fully saturated rings. The minimum atomic E-state index is -1.56. The Kier molecular flexibility index (Phi) is 18.0. The molecule has 1 saturated carbocycles. The molecule has 13 nitrogen and oxygen atoms in total. The lowest BCUT2D eigenvalue weighted by Gasteiger charge is -2.40. The summed E-state index contributed by atoms with van der Waals surface area (Å²) in [5.41, 5.74) is -0.785. The predicted molar refractivity (Wildman–Crippen MR) is 196 cm³/mol. The molecule has 0 bridgehead atoms. The molecule has 0 aromatic rings.